The summed E-state index contributed by atoms with van der Waals surface area (Å²) in [6, 6.07) is 0. The molecule has 0 aliphatic heterocycles. The van der Waals surface area contributed by atoms with Crippen LogP contribution in [0.1, 0.15) is 65.2 Å². The fraction of sp³-hybridized carbons (Fsp3) is 1.00. The van der Waals surface area contributed by atoms with Crippen molar-refractivity contribution >= 4 is 8.05 Å². The molecule has 0 aliphatic carbocycles. The van der Waals surface area contributed by atoms with Crippen LogP contribution < -0.4 is 0 Å². The first kappa shape index (κ1) is 13.0. The molecular weight excluding hydrogens is 159 g/mol. The Kier molecular flexibility index (Phi) is 10.1. The summed E-state index contributed by atoms with van der Waals surface area (Å²) in [6.07, 6.45) is 10.2. The summed E-state index contributed by atoms with van der Waals surface area (Å²) >= 11 is 0. The predicted molar refractivity (Wildman–Crippen MR) is 58.9 cm³/mol. The summed E-state index contributed by atoms with van der Waals surface area (Å²) < 4.78 is 4.93. The lowest BCUT2D eigenvalue weighted by Gasteiger charge is -2.15. The maximum atomic E-state index is 5.23. The second kappa shape index (κ2) is 10.1. The van der Waals surface area contributed by atoms with Crippen LogP contribution in [0, 0.1) is 0 Å². The average molecular weight is 182 g/mol. The van der Waals surface area contributed by atoms with Gasteiger partial charge in [0, 0.05) is 6.10 Å². The Morgan fingerprint density at radius 3 is 2.08 bits per heavy atom. The summed E-state index contributed by atoms with van der Waals surface area (Å²) in [7, 11) is 5.23. The fourth-order valence-electron chi connectivity index (χ4n) is 1.51. The van der Waals surface area contributed by atoms with Crippen molar-refractivity contribution in [3.8, 4) is 0 Å². The summed E-state index contributed by atoms with van der Waals surface area (Å²) in [5, 5.41) is 0. The van der Waals surface area contributed by atoms with Crippen molar-refractivity contribution in [2.75, 3.05) is 0 Å². The van der Waals surface area contributed by atoms with Crippen molar-refractivity contribution < 1.29 is 4.65 Å². The summed E-state index contributed by atoms with van der Waals surface area (Å²) in [6.45, 7) is 4.43. The molecule has 0 aromatic heterocycles. The van der Waals surface area contributed by atoms with Crippen LogP contribution in [-0.2, 0) is 4.65 Å². The average Bonchev–Trinajstić information content (AvgIpc) is 2.17. The van der Waals surface area contributed by atoms with Crippen LogP contribution in [0.5, 0.6) is 0 Å². The molecule has 0 saturated heterocycles. The number of hydrogen-bond donors (Lipinski definition) is 0. The smallest absolute Gasteiger partial charge is 0.283 e. The van der Waals surface area contributed by atoms with Crippen LogP contribution in [0.2, 0.25) is 0 Å². The molecule has 0 spiro atoms. The molecule has 0 bridgehead atoms. The molecule has 0 fully saturated rings. The standard InChI is InChI=1S/C11H23BO/c1-3-5-7-8-10-11(13-12)9-6-4-2/h11H,3-10H2,1-2H3. The highest BCUT2D eigenvalue weighted by Gasteiger charge is 2.04. The topological polar surface area (TPSA) is 9.23 Å². The van der Waals surface area contributed by atoms with Gasteiger partial charge in [-0.3, -0.25) is 0 Å². The van der Waals surface area contributed by atoms with Gasteiger partial charge in [-0.25, -0.2) is 0 Å². The Morgan fingerprint density at radius 2 is 1.54 bits per heavy atom. The van der Waals surface area contributed by atoms with Gasteiger partial charge in [-0.2, -0.15) is 0 Å². The molecule has 0 rings (SSSR count). The summed E-state index contributed by atoms with van der Waals surface area (Å²) in [5.74, 6) is 0. The van der Waals surface area contributed by atoms with Crippen LogP contribution in [0.15, 0.2) is 0 Å². The molecule has 0 aromatic rings. The van der Waals surface area contributed by atoms with Gasteiger partial charge in [0.25, 0.3) is 8.05 Å². The Bertz CT molecular complexity index is 96.1. The van der Waals surface area contributed by atoms with Crippen LogP contribution >= 0.6 is 0 Å². The van der Waals surface area contributed by atoms with E-state index in [1.807, 2.05) is 0 Å². The molecule has 1 unspecified atom stereocenters. The molecule has 0 N–H and O–H groups in total. The van der Waals surface area contributed by atoms with Gasteiger partial charge < -0.3 is 4.65 Å². The Labute approximate surface area is 84.7 Å². The number of rotatable bonds is 9. The molecule has 2 heteroatoms. The second-order valence-corrected chi connectivity index (χ2v) is 3.75. The quantitative estimate of drug-likeness (QED) is 0.391. The SMILES string of the molecule is [B]OC(CCCC)CCCCCC. The van der Waals surface area contributed by atoms with Gasteiger partial charge in [-0.15, -0.1) is 0 Å². The first-order valence-corrected chi connectivity index (χ1v) is 5.70. The van der Waals surface area contributed by atoms with Crippen molar-refractivity contribution in [1.82, 2.24) is 0 Å². The highest BCUT2D eigenvalue weighted by Crippen LogP contribution is 2.12. The lowest BCUT2D eigenvalue weighted by Crippen LogP contribution is -2.10. The van der Waals surface area contributed by atoms with Gasteiger partial charge in [0.2, 0.25) is 0 Å². The third kappa shape index (κ3) is 8.36. The fourth-order valence-corrected chi connectivity index (χ4v) is 1.51. The third-order valence-corrected chi connectivity index (χ3v) is 2.45. The van der Waals surface area contributed by atoms with E-state index in [1.165, 1.54) is 38.5 Å². The minimum Gasteiger partial charge on any atom is -0.445 e. The van der Waals surface area contributed by atoms with Gasteiger partial charge in [-0.05, 0) is 12.8 Å². The minimum atomic E-state index is 0.303. The van der Waals surface area contributed by atoms with E-state index >= 15 is 0 Å². The van der Waals surface area contributed by atoms with Crippen molar-refractivity contribution in [3.63, 3.8) is 0 Å². The number of hydrogen-bond acceptors (Lipinski definition) is 1. The zero-order valence-corrected chi connectivity index (χ0v) is 9.22. The molecule has 0 heterocycles. The first-order chi connectivity index (χ1) is 6.35. The molecule has 0 saturated carbocycles. The van der Waals surface area contributed by atoms with E-state index in [-0.39, 0.29) is 0 Å². The predicted octanol–water partition coefficient (Wildman–Crippen LogP) is 3.62. The van der Waals surface area contributed by atoms with Crippen molar-refractivity contribution in [3.05, 3.63) is 0 Å². The number of unbranched alkanes of at least 4 members (excludes halogenated alkanes) is 4. The second-order valence-electron chi connectivity index (χ2n) is 3.75. The highest BCUT2D eigenvalue weighted by atomic mass is 16.4. The van der Waals surface area contributed by atoms with Crippen molar-refractivity contribution in [1.29, 1.82) is 0 Å². The van der Waals surface area contributed by atoms with E-state index in [1.54, 1.807) is 0 Å². The van der Waals surface area contributed by atoms with E-state index in [0.29, 0.717) is 6.10 Å². The van der Waals surface area contributed by atoms with Gasteiger partial charge in [0.15, 0.2) is 0 Å². The minimum absolute atomic E-state index is 0.303. The van der Waals surface area contributed by atoms with E-state index < -0.39 is 0 Å². The van der Waals surface area contributed by atoms with Gasteiger partial charge in [0.1, 0.15) is 0 Å². The molecular formula is C11H23BO. The van der Waals surface area contributed by atoms with Crippen LogP contribution in [-0.4, -0.2) is 14.2 Å². The van der Waals surface area contributed by atoms with E-state index in [2.05, 4.69) is 13.8 Å². The lowest BCUT2D eigenvalue weighted by molar-refractivity contribution is 0.190. The van der Waals surface area contributed by atoms with Crippen LogP contribution in [0.4, 0.5) is 0 Å². The maximum absolute atomic E-state index is 5.23. The Balaban J connectivity index is 3.25. The van der Waals surface area contributed by atoms with Gasteiger partial charge in [-0.1, -0.05) is 52.4 Å². The largest absolute Gasteiger partial charge is 0.445 e. The monoisotopic (exact) mass is 182 g/mol. The zero-order chi connectivity index (χ0) is 9.94. The Hall–Kier alpha value is 0.0249. The van der Waals surface area contributed by atoms with Crippen molar-refractivity contribution in [2.24, 2.45) is 0 Å². The summed E-state index contributed by atoms with van der Waals surface area (Å²) in [4.78, 5) is 0. The van der Waals surface area contributed by atoms with E-state index in [9.17, 15) is 0 Å². The molecule has 2 radical (unpaired) electrons. The van der Waals surface area contributed by atoms with E-state index in [4.69, 9.17) is 12.7 Å². The third-order valence-electron chi connectivity index (χ3n) is 2.45. The summed E-state index contributed by atoms with van der Waals surface area (Å²) in [5.41, 5.74) is 0. The molecule has 1 nitrogen and oxygen atoms in total. The molecule has 0 aliphatic rings. The molecule has 13 heavy (non-hydrogen) atoms. The molecule has 76 valence electrons. The zero-order valence-electron chi connectivity index (χ0n) is 9.22. The van der Waals surface area contributed by atoms with Crippen molar-refractivity contribution in [2.45, 2.75) is 71.3 Å². The maximum Gasteiger partial charge on any atom is 0.283 e. The van der Waals surface area contributed by atoms with Gasteiger partial charge in [0.05, 0.1) is 0 Å². The molecule has 1 atom stereocenters. The van der Waals surface area contributed by atoms with E-state index in [0.717, 1.165) is 12.8 Å². The first-order valence-electron chi connectivity index (χ1n) is 5.70. The van der Waals surface area contributed by atoms with Crippen LogP contribution in [0.3, 0.4) is 0 Å². The highest BCUT2D eigenvalue weighted by molar-refractivity contribution is 5.98. The van der Waals surface area contributed by atoms with Gasteiger partial charge >= 0.3 is 0 Å². The van der Waals surface area contributed by atoms with Crippen LogP contribution in [0.25, 0.3) is 0 Å². The Morgan fingerprint density at radius 1 is 0.923 bits per heavy atom. The molecule has 0 aromatic carbocycles. The lowest BCUT2D eigenvalue weighted by atomic mass is 10.0. The molecule has 0 amide bonds. The normalized spacial score (nSPS) is 13.1.